The van der Waals surface area contributed by atoms with Gasteiger partial charge in [0.1, 0.15) is 11.6 Å². The van der Waals surface area contributed by atoms with Gasteiger partial charge in [0.25, 0.3) is 0 Å². The monoisotopic (exact) mass is 556 g/mol. The molecule has 0 atom stereocenters. The van der Waals surface area contributed by atoms with Crippen LogP contribution in [0.25, 0.3) is 10.8 Å². The first-order valence-corrected chi connectivity index (χ1v) is 11.1. The minimum atomic E-state index is -4.75. The predicted octanol–water partition coefficient (Wildman–Crippen LogP) is 7.02. The topological polar surface area (TPSA) is 80.0 Å². The van der Waals surface area contributed by atoms with Crippen LogP contribution in [0.5, 0.6) is 0 Å². The molecule has 3 aromatic carbocycles. The third-order valence-electron chi connectivity index (χ3n) is 5.30. The number of alkyl halides is 6. The van der Waals surface area contributed by atoms with Crippen LogP contribution in [0.2, 0.25) is 0 Å². The number of fused-ring (bicyclic) bond motifs is 1. The van der Waals surface area contributed by atoms with E-state index >= 15 is 0 Å². The highest BCUT2D eigenvalue weighted by Crippen LogP contribution is 2.32. The number of anilines is 1. The third kappa shape index (κ3) is 7.87. The molecule has 0 unspecified atom stereocenters. The Morgan fingerprint density at radius 1 is 0.821 bits per heavy atom. The van der Waals surface area contributed by atoms with Crippen molar-refractivity contribution in [2.75, 3.05) is 5.32 Å². The summed E-state index contributed by atoms with van der Waals surface area (Å²) in [4.78, 5) is 16.0. The maximum Gasteiger partial charge on any atom is 0.419 e. The number of nitrogens with zero attached hydrogens (tertiary/aromatic N) is 1. The lowest BCUT2D eigenvalue weighted by molar-refractivity contribution is -0.140. The summed E-state index contributed by atoms with van der Waals surface area (Å²) in [6.07, 6.45) is -6.15. The second-order valence-corrected chi connectivity index (χ2v) is 8.04. The molecular formula is C26H20F8N4O. The average molecular weight is 556 g/mol. The lowest BCUT2D eigenvalue weighted by Crippen LogP contribution is -2.28. The summed E-state index contributed by atoms with van der Waals surface area (Å²) in [5.41, 5.74) is 3.64. The van der Waals surface area contributed by atoms with Crippen molar-refractivity contribution in [1.82, 2.24) is 10.3 Å². The van der Waals surface area contributed by atoms with Crippen LogP contribution < -0.4 is 16.4 Å². The smallest absolute Gasteiger partial charge is 0.334 e. The second-order valence-electron chi connectivity index (χ2n) is 8.04. The molecule has 0 radical (unpaired) electrons. The highest BCUT2D eigenvalue weighted by atomic mass is 19.4. The molecule has 0 saturated heterocycles. The molecule has 39 heavy (non-hydrogen) atoms. The Morgan fingerprint density at radius 3 is 1.97 bits per heavy atom. The Bertz CT molecular complexity index is 1450. The Balaban J connectivity index is 0.000000272. The molecule has 13 heteroatoms. The number of aromatic nitrogens is 1. The Morgan fingerprint density at radius 2 is 1.41 bits per heavy atom. The van der Waals surface area contributed by atoms with Crippen molar-refractivity contribution in [3.05, 3.63) is 107 Å². The molecule has 0 aliphatic carbocycles. The molecule has 1 aromatic heterocycles. The van der Waals surface area contributed by atoms with Crippen molar-refractivity contribution in [2.45, 2.75) is 25.4 Å². The summed E-state index contributed by atoms with van der Waals surface area (Å²) in [6, 6.07) is 11.7. The van der Waals surface area contributed by atoms with Gasteiger partial charge in [-0.05, 0) is 47.5 Å². The van der Waals surface area contributed by atoms with E-state index in [4.69, 9.17) is 5.73 Å². The molecule has 0 aliphatic heterocycles. The minimum Gasteiger partial charge on any atom is -0.334 e. The van der Waals surface area contributed by atoms with Gasteiger partial charge >= 0.3 is 18.4 Å². The summed E-state index contributed by atoms with van der Waals surface area (Å²) in [7, 11) is 0. The fourth-order valence-electron chi connectivity index (χ4n) is 3.39. The zero-order chi connectivity index (χ0) is 28.8. The van der Waals surface area contributed by atoms with Crippen LogP contribution in [0, 0.1) is 11.6 Å². The van der Waals surface area contributed by atoms with Gasteiger partial charge in [0.05, 0.1) is 16.8 Å². The van der Waals surface area contributed by atoms with Crippen LogP contribution in [0.3, 0.4) is 0 Å². The van der Waals surface area contributed by atoms with Crippen LogP contribution in [0.4, 0.5) is 45.6 Å². The highest BCUT2D eigenvalue weighted by Gasteiger charge is 2.34. The summed E-state index contributed by atoms with van der Waals surface area (Å²) in [5.74, 6) is -2.66. The maximum atomic E-state index is 13.5. The van der Waals surface area contributed by atoms with Gasteiger partial charge in [-0.2, -0.15) is 26.3 Å². The Kier molecular flexibility index (Phi) is 9.07. The van der Waals surface area contributed by atoms with Gasteiger partial charge in [0.15, 0.2) is 0 Å². The number of rotatable bonds is 4. The minimum absolute atomic E-state index is 0.0229. The van der Waals surface area contributed by atoms with Crippen LogP contribution in [-0.4, -0.2) is 11.0 Å². The molecule has 4 aromatic rings. The number of benzene rings is 3. The molecule has 0 bridgehead atoms. The van der Waals surface area contributed by atoms with Crippen LogP contribution >= 0.6 is 0 Å². The zero-order valence-electron chi connectivity index (χ0n) is 19.8. The SMILES string of the molecule is NCc1ccc(C(F)(F)F)c(F)c1.O=C(NCc1ccc(C(F)(F)F)c(F)c1)Nc1cccc2cnccc12. The molecule has 1 heterocycles. The number of carbonyl (C=O) groups is 1. The maximum absolute atomic E-state index is 13.5. The molecule has 4 rings (SSSR count). The average Bonchev–Trinajstić information content (AvgIpc) is 2.86. The van der Waals surface area contributed by atoms with Gasteiger partial charge < -0.3 is 16.4 Å². The lowest BCUT2D eigenvalue weighted by Gasteiger charge is -2.11. The molecule has 0 aliphatic rings. The van der Waals surface area contributed by atoms with E-state index in [-0.39, 0.29) is 18.7 Å². The normalized spacial score (nSPS) is 11.5. The summed E-state index contributed by atoms with van der Waals surface area (Å²) in [6.45, 7) is -0.0950. The zero-order valence-corrected chi connectivity index (χ0v) is 19.8. The Hall–Kier alpha value is -4.26. The lowest BCUT2D eigenvalue weighted by atomic mass is 10.1. The molecule has 2 amide bonds. The largest absolute Gasteiger partial charge is 0.419 e. The van der Waals surface area contributed by atoms with E-state index < -0.39 is 41.1 Å². The fourth-order valence-corrected chi connectivity index (χ4v) is 3.39. The number of nitrogens with one attached hydrogen (secondary N) is 2. The van der Waals surface area contributed by atoms with E-state index in [1.54, 1.807) is 30.6 Å². The van der Waals surface area contributed by atoms with Gasteiger partial charge in [-0.15, -0.1) is 0 Å². The van der Waals surface area contributed by atoms with Crippen molar-refractivity contribution in [2.24, 2.45) is 5.73 Å². The molecule has 0 saturated carbocycles. The third-order valence-corrected chi connectivity index (χ3v) is 5.30. The second kappa shape index (κ2) is 12.1. The van der Waals surface area contributed by atoms with Crippen molar-refractivity contribution >= 4 is 22.5 Å². The number of halogens is 8. The first-order valence-electron chi connectivity index (χ1n) is 11.1. The van der Waals surface area contributed by atoms with Crippen molar-refractivity contribution in [1.29, 1.82) is 0 Å². The molecule has 0 fully saturated rings. The van der Waals surface area contributed by atoms with Crippen LogP contribution in [-0.2, 0) is 25.4 Å². The molecule has 0 spiro atoms. The van der Waals surface area contributed by atoms with Crippen molar-refractivity contribution in [3.8, 4) is 0 Å². The number of nitrogens with two attached hydrogens (primary N) is 1. The van der Waals surface area contributed by atoms with Crippen LogP contribution in [0.1, 0.15) is 22.3 Å². The molecule has 206 valence electrons. The number of hydrogen-bond acceptors (Lipinski definition) is 3. The first-order chi connectivity index (χ1) is 18.3. The molecule has 4 N–H and O–H groups in total. The quantitative estimate of drug-likeness (QED) is 0.237. The van der Waals surface area contributed by atoms with Crippen LogP contribution in [0.15, 0.2) is 73.1 Å². The summed E-state index contributed by atoms with van der Waals surface area (Å²) >= 11 is 0. The van der Waals surface area contributed by atoms with Gasteiger partial charge in [-0.3, -0.25) is 4.98 Å². The van der Waals surface area contributed by atoms with E-state index in [0.29, 0.717) is 23.4 Å². The first kappa shape index (κ1) is 29.3. The number of urea groups is 1. The van der Waals surface area contributed by atoms with Crippen molar-refractivity contribution < 1.29 is 39.9 Å². The predicted molar refractivity (Wildman–Crippen MR) is 128 cm³/mol. The fraction of sp³-hybridized carbons (Fsp3) is 0.154. The van der Waals surface area contributed by atoms with Gasteiger partial charge in [0.2, 0.25) is 0 Å². The van der Waals surface area contributed by atoms with E-state index in [1.165, 1.54) is 0 Å². The van der Waals surface area contributed by atoms with E-state index in [9.17, 15) is 39.9 Å². The molecule has 5 nitrogen and oxygen atoms in total. The standard InChI is InChI=1S/C18H13F4N3O.C8H7F4N/c19-15-8-11(4-5-14(15)18(20,21)22)9-24-17(26)25-16-3-1-2-12-10-23-7-6-13(12)16;9-7-3-5(4-13)1-2-6(7)8(10,11)12/h1-8,10H,9H2,(H2,24,25,26);1-3H,4,13H2. The number of amides is 2. The van der Waals surface area contributed by atoms with Gasteiger partial charge in [-0.25, -0.2) is 13.6 Å². The van der Waals surface area contributed by atoms with E-state index in [1.807, 2.05) is 6.07 Å². The number of pyridine rings is 1. The van der Waals surface area contributed by atoms with E-state index in [2.05, 4.69) is 15.6 Å². The Labute approximate surface area is 216 Å². The number of carbonyl (C=O) groups excluding carboxylic acids is 1. The molecular weight excluding hydrogens is 536 g/mol. The summed E-state index contributed by atoms with van der Waals surface area (Å²) < 4.78 is 100.0. The number of hydrogen-bond donors (Lipinski definition) is 3. The van der Waals surface area contributed by atoms with E-state index in [0.717, 1.165) is 35.0 Å². The highest BCUT2D eigenvalue weighted by molar-refractivity contribution is 6.01. The van der Waals surface area contributed by atoms with Gasteiger partial charge in [-0.1, -0.05) is 24.3 Å². The van der Waals surface area contributed by atoms with Gasteiger partial charge in [0, 0.05) is 36.3 Å². The van der Waals surface area contributed by atoms with Crippen molar-refractivity contribution in [3.63, 3.8) is 0 Å². The summed E-state index contributed by atoms with van der Waals surface area (Å²) in [5, 5.41) is 6.77.